The Morgan fingerprint density at radius 1 is 1.29 bits per heavy atom. The van der Waals surface area contributed by atoms with Crippen molar-refractivity contribution in [2.45, 2.75) is 38.2 Å². The van der Waals surface area contributed by atoms with Gasteiger partial charge < -0.3 is 10.1 Å². The van der Waals surface area contributed by atoms with Gasteiger partial charge in [0.1, 0.15) is 17.6 Å². The first-order valence-electron chi connectivity index (χ1n) is 8.47. The summed E-state index contributed by atoms with van der Waals surface area (Å²) in [7, 11) is 0. The van der Waals surface area contributed by atoms with Gasteiger partial charge in [0, 0.05) is 24.8 Å². The van der Waals surface area contributed by atoms with Crippen LogP contribution < -0.4 is 5.32 Å². The molecule has 0 spiro atoms. The SMILES string of the molecule is O=[N+]([O-])c1ccccc1-n1nc(C2CCCO2)c2c1NCCCC2. The van der Waals surface area contributed by atoms with Gasteiger partial charge in [0.05, 0.1) is 10.6 Å². The minimum atomic E-state index is -0.355. The van der Waals surface area contributed by atoms with Crippen molar-refractivity contribution in [3.05, 3.63) is 45.6 Å². The number of nitro groups is 1. The molecule has 1 fully saturated rings. The Morgan fingerprint density at radius 3 is 2.96 bits per heavy atom. The molecule has 2 aliphatic heterocycles. The monoisotopic (exact) mass is 328 g/mol. The highest BCUT2D eigenvalue weighted by molar-refractivity contribution is 5.60. The highest BCUT2D eigenvalue weighted by atomic mass is 16.6. The fourth-order valence-corrected chi connectivity index (χ4v) is 3.55. The number of nitrogens with one attached hydrogen (secondary N) is 1. The maximum atomic E-state index is 11.4. The number of para-hydroxylation sites is 2. The van der Waals surface area contributed by atoms with E-state index < -0.39 is 0 Å². The second-order valence-electron chi connectivity index (χ2n) is 6.26. The first kappa shape index (κ1) is 15.1. The fourth-order valence-electron chi connectivity index (χ4n) is 3.55. The quantitative estimate of drug-likeness (QED) is 0.690. The van der Waals surface area contributed by atoms with E-state index in [2.05, 4.69) is 5.32 Å². The van der Waals surface area contributed by atoms with Crippen molar-refractivity contribution in [3.63, 3.8) is 0 Å². The Labute approximate surface area is 139 Å². The number of hydrogen-bond acceptors (Lipinski definition) is 5. The topological polar surface area (TPSA) is 82.2 Å². The average molecular weight is 328 g/mol. The molecule has 4 rings (SSSR count). The highest BCUT2D eigenvalue weighted by Crippen LogP contribution is 2.37. The summed E-state index contributed by atoms with van der Waals surface area (Å²) in [6.07, 6.45) is 5.09. The lowest BCUT2D eigenvalue weighted by molar-refractivity contribution is -0.384. The molecule has 24 heavy (non-hydrogen) atoms. The van der Waals surface area contributed by atoms with Crippen LogP contribution in [0, 0.1) is 10.1 Å². The first-order chi connectivity index (χ1) is 11.8. The van der Waals surface area contributed by atoms with E-state index in [0.717, 1.165) is 62.3 Å². The summed E-state index contributed by atoms with van der Waals surface area (Å²) in [6.45, 7) is 1.61. The summed E-state index contributed by atoms with van der Waals surface area (Å²) in [5.74, 6) is 0.882. The number of ether oxygens (including phenoxy) is 1. The molecule has 1 atom stereocenters. The molecular formula is C17H20N4O3. The summed E-state index contributed by atoms with van der Waals surface area (Å²) in [4.78, 5) is 11.1. The Balaban J connectivity index is 1.88. The van der Waals surface area contributed by atoms with Gasteiger partial charge >= 0.3 is 0 Å². The summed E-state index contributed by atoms with van der Waals surface area (Å²) in [5, 5.41) is 19.6. The van der Waals surface area contributed by atoms with Crippen LogP contribution in [-0.4, -0.2) is 27.9 Å². The van der Waals surface area contributed by atoms with Gasteiger partial charge in [0.2, 0.25) is 0 Å². The molecule has 1 N–H and O–H groups in total. The number of benzene rings is 1. The maximum absolute atomic E-state index is 11.4. The normalized spacial score (nSPS) is 20.2. The van der Waals surface area contributed by atoms with Gasteiger partial charge in [0.15, 0.2) is 0 Å². The van der Waals surface area contributed by atoms with E-state index in [1.165, 1.54) is 6.07 Å². The summed E-state index contributed by atoms with van der Waals surface area (Å²) < 4.78 is 7.54. The molecule has 7 heteroatoms. The predicted octanol–water partition coefficient (Wildman–Crippen LogP) is 3.38. The van der Waals surface area contributed by atoms with E-state index in [-0.39, 0.29) is 16.7 Å². The van der Waals surface area contributed by atoms with Crippen LogP contribution in [-0.2, 0) is 11.2 Å². The summed E-state index contributed by atoms with van der Waals surface area (Å²) in [6, 6.07) is 6.75. The van der Waals surface area contributed by atoms with Crippen LogP contribution >= 0.6 is 0 Å². The van der Waals surface area contributed by atoms with Crippen molar-refractivity contribution < 1.29 is 9.66 Å². The predicted molar refractivity (Wildman–Crippen MR) is 89.6 cm³/mol. The van der Waals surface area contributed by atoms with Crippen LogP contribution in [0.4, 0.5) is 11.5 Å². The van der Waals surface area contributed by atoms with E-state index in [9.17, 15) is 10.1 Å². The minimum Gasteiger partial charge on any atom is -0.372 e. The smallest absolute Gasteiger partial charge is 0.294 e. The molecule has 126 valence electrons. The minimum absolute atomic E-state index is 0.00247. The molecule has 0 amide bonds. The first-order valence-corrected chi connectivity index (χ1v) is 8.47. The summed E-state index contributed by atoms with van der Waals surface area (Å²) >= 11 is 0. The fraction of sp³-hybridized carbons (Fsp3) is 0.471. The van der Waals surface area contributed by atoms with Crippen molar-refractivity contribution in [1.82, 2.24) is 9.78 Å². The van der Waals surface area contributed by atoms with E-state index >= 15 is 0 Å². The molecule has 0 radical (unpaired) electrons. The van der Waals surface area contributed by atoms with Gasteiger partial charge in [-0.05, 0) is 38.2 Å². The molecular weight excluding hydrogens is 308 g/mol. The zero-order valence-corrected chi connectivity index (χ0v) is 13.4. The molecule has 7 nitrogen and oxygen atoms in total. The van der Waals surface area contributed by atoms with Gasteiger partial charge in [-0.2, -0.15) is 5.10 Å². The lowest BCUT2D eigenvalue weighted by Gasteiger charge is -2.09. The van der Waals surface area contributed by atoms with Crippen molar-refractivity contribution in [2.24, 2.45) is 0 Å². The number of fused-ring (bicyclic) bond motifs is 1. The van der Waals surface area contributed by atoms with Crippen LogP contribution in [0.25, 0.3) is 5.69 Å². The average Bonchev–Trinajstić information content (AvgIpc) is 3.17. The second-order valence-corrected chi connectivity index (χ2v) is 6.26. The highest BCUT2D eigenvalue weighted by Gasteiger charge is 2.30. The molecule has 0 bridgehead atoms. The van der Waals surface area contributed by atoms with E-state index in [0.29, 0.717) is 5.69 Å². The van der Waals surface area contributed by atoms with E-state index in [1.807, 2.05) is 0 Å². The van der Waals surface area contributed by atoms with Crippen LogP contribution in [0.3, 0.4) is 0 Å². The molecule has 2 aromatic rings. The standard InChI is InChI=1S/C17H20N4O3/c22-21(23)14-8-2-1-7-13(14)20-17-12(6-3-4-10-18-17)16(19-20)15-9-5-11-24-15/h1-2,7-8,15,18H,3-6,9-11H2. The van der Waals surface area contributed by atoms with Crippen LogP contribution in [0.1, 0.15) is 43.0 Å². The zero-order chi connectivity index (χ0) is 16.5. The summed E-state index contributed by atoms with van der Waals surface area (Å²) in [5.41, 5.74) is 2.65. The maximum Gasteiger partial charge on any atom is 0.294 e. The Morgan fingerprint density at radius 2 is 2.17 bits per heavy atom. The third-order valence-electron chi connectivity index (χ3n) is 4.70. The van der Waals surface area contributed by atoms with Crippen molar-refractivity contribution in [2.75, 3.05) is 18.5 Å². The molecule has 1 aromatic carbocycles. The van der Waals surface area contributed by atoms with Crippen LogP contribution in [0.5, 0.6) is 0 Å². The molecule has 1 unspecified atom stereocenters. The number of nitro benzene ring substituents is 1. The second kappa shape index (κ2) is 6.24. The Bertz CT molecular complexity index is 765. The third-order valence-corrected chi connectivity index (χ3v) is 4.70. The van der Waals surface area contributed by atoms with E-state index in [1.54, 1.807) is 22.9 Å². The number of aromatic nitrogens is 2. The molecule has 3 heterocycles. The molecule has 0 saturated carbocycles. The lowest BCUT2D eigenvalue weighted by atomic mass is 10.0. The van der Waals surface area contributed by atoms with Crippen molar-refractivity contribution in [1.29, 1.82) is 0 Å². The van der Waals surface area contributed by atoms with Crippen molar-refractivity contribution in [3.8, 4) is 5.69 Å². The van der Waals surface area contributed by atoms with Gasteiger partial charge in [0.25, 0.3) is 5.69 Å². The van der Waals surface area contributed by atoms with Crippen LogP contribution in [0.15, 0.2) is 24.3 Å². The zero-order valence-electron chi connectivity index (χ0n) is 13.4. The Kier molecular flexibility index (Phi) is 3.93. The number of anilines is 1. The third kappa shape index (κ3) is 2.54. The van der Waals surface area contributed by atoms with Gasteiger partial charge in [-0.15, -0.1) is 0 Å². The lowest BCUT2D eigenvalue weighted by Crippen LogP contribution is -2.09. The van der Waals surface area contributed by atoms with Crippen LogP contribution in [0.2, 0.25) is 0 Å². The van der Waals surface area contributed by atoms with Gasteiger partial charge in [-0.1, -0.05) is 12.1 Å². The van der Waals surface area contributed by atoms with Gasteiger partial charge in [-0.3, -0.25) is 10.1 Å². The number of hydrogen-bond donors (Lipinski definition) is 1. The van der Waals surface area contributed by atoms with Gasteiger partial charge in [-0.25, -0.2) is 4.68 Å². The molecule has 0 aliphatic carbocycles. The number of nitrogens with zero attached hydrogens (tertiary/aromatic N) is 3. The molecule has 2 aliphatic rings. The molecule has 1 saturated heterocycles. The molecule has 1 aromatic heterocycles. The van der Waals surface area contributed by atoms with Crippen molar-refractivity contribution >= 4 is 11.5 Å². The number of rotatable bonds is 3. The largest absolute Gasteiger partial charge is 0.372 e. The Hall–Kier alpha value is -2.41. The van der Waals surface area contributed by atoms with E-state index in [4.69, 9.17) is 9.84 Å².